The molecule has 0 unspecified atom stereocenters. The van der Waals surface area contributed by atoms with E-state index in [2.05, 4.69) is 16.0 Å². The van der Waals surface area contributed by atoms with Crippen LogP contribution < -0.4 is 20.7 Å². The molecule has 3 N–H and O–H groups in total. The minimum absolute atomic E-state index is 0.213. The zero-order chi connectivity index (χ0) is 19.8. The molecule has 3 amide bonds. The number of ether oxygens (including phenoxy) is 1. The maximum atomic E-state index is 12.0. The van der Waals surface area contributed by atoms with E-state index in [4.69, 9.17) is 9.15 Å². The number of urea groups is 1. The number of carbonyl (C=O) groups excluding carboxylic acids is 2. The van der Waals surface area contributed by atoms with Crippen LogP contribution in [-0.4, -0.2) is 25.1 Å². The highest BCUT2D eigenvalue weighted by Gasteiger charge is 2.09. The summed E-state index contributed by atoms with van der Waals surface area (Å²) in [6.07, 6.45) is 1.43. The minimum atomic E-state index is -0.361. The molecule has 0 saturated heterocycles. The average molecular weight is 379 g/mol. The molecule has 0 aliphatic rings. The number of benzene rings is 2. The summed E-state index contributed by atoms with van der Waals surface area (Å²) in [6, 6.07) is 17.4. The molecule has 0 atom stereocenters. The van der Waals surface area contributed by atoms with E-state index in [0.29, 0.717) is 24.5 Å². The van der Waals surface area contributed by atoms with Gasteiger partial charge in [-0.05, 0) is 55.0 Å². The molecule has 0 fully saturated rings. The van der Waals surface area contributed by atoms with Gasteiger partial charge in [-0.3, -0.25) is 4.79 Å². The third-order valence-electron chi connectivity index (χ3n) is 3.77. The second-order valence-corrected chi connectivity index (χ2v) is 6.06. The Hall–Kier alpha value is -3.74. The number of hydrogen-bond acceptors (Lipinski definition) is 4. The number of nitrogens with one attached hydrogen (secondary N) is 3. The normalized spacial score (nSPS) is 10.2. The first-order chi connectivity index (χ1) is 13.6. The van der Waals surface area contributed by atoms with Crippen LogP contribution in [0.15, 0.2) is 71.3 Å². The summed E-state index contributed by atoms with van der Waals surface area (Å²) in [4.78, 5) is 24.0. The van der Waals surface area contributed by atoms with Gasteiger partial charge >= 0.3 is 6.03 Å². The number of furan rings is 1. The summed E-state index contributed by atoms with van der Waals surface area (Å²) in [7, 11) is 0. The zero-order valence-corrected chi connectivity index (χ0v) is 15.4. The highest BCUT2D eigenvalue weighted by molar-refractivity contribution is 6.02. The molecule has 3 aromatic rings. The van der Waals surface area contributed by atoms with E-state index in [1.54, 1.807) is 36.4 Å². The number of rotatable bonds is 7. The van der Waals surface area contributed by atoms with Crippen LogP contribution in [0, 0.1) is 6.92 Å². The molecule has 0 aliphatic heterocycles. The van der Waals surface area contributed by atoms with Crippen molar-refractivity contribution in [2.75, 3.05) is 23.8 Å². The summed E-state index contributed by atoms with van der Waals surface area (Å²) in [5.74, 6) is 0.617. The molecule has 7 heteroatoms. The summed E-state index contributed by atoms with van der Waals surface area (Å²) >= 11 is 0. The van der Waals surface area contributed by atoms with Gasteiger partial charge in [0.15, 0.2) is 5.76 Å². The number of aryl methyl sites for hydroxylation is 1. The predicted molar refractivity (Wildman–Crippen MR) is 107 cm³/mol. The lowest BCUT2D eigenvalue weighted by Crippen LogP contribution is -2.32. The van der Waals surface area contributed by atoms with E-state index in [1.807, 2.05) is 31.2 Å². The Bertz CT molecular complexity index is 938. The molecular formula is C21H21N3O4. The van der Waals surface area contributed by atoms with Crippen molar-refractivity contribution in [3.05, 3.63) is 78.3 Å². The number of hydrogen-bond donors (Lipinski definition) is 3. The summed E-state index contributed by atoms with van der Waals surface area (Å²) in [5.41, 5.74) is 2.21. The van der Waals surface area contributed by atoms with Crippen molar-refractivity contribution in [2.24, 2.45) is 0 Å². The van der Waals surface area contributed by atoms with E-state index < -0.39 is 0 Å². The van der Waals surface area contributed by atoms with Crippen molar-refractivity contribution in [3.63, 3.8) is 0 Å². The van der Waals surface area contributed by atoms with Crippen LogP contribution in [-0.2, 0) is 0 Å². The lowest BCUT2D eigenvalue weighted by Gasteiger charge is -2.10. The van der Waals surface area contributed by atoms with Gasteiger partial charge in [-0.1, -0.05) is 18.2 Å². The van der Waals surface area contributed by atoms with Gasteiger partial charge < -0.3 is 25.1 Å². The van der Waals surface area contributed by atoms with Gasteiger partial charge in [0, 0.05) is 11.4 Å². The quantitative estimate of drug-likeness (QED) is 0.540. The Balaban J connectivity index is 1.44. The van der Waals surface area contributed by atoms with Crippen LogP contribution in [0.4, 0.5) is 16.2 Å². The highest BCUT2D eigenvalue weighted by Crippen LogP contribution is 2.16. The molecule has 0 bridgehead atoms. The van der Waals surface area contributed by atoms with E-state index in [-0.39, 0.29) is 17.7 Å². The fourth-order valence-electron chi connectivity index (χ4n) is 2.49. The topological polar surface area (TPSA) is 92.6 Å². The summed E-state index contributed by atoms with van der Waals surface area (Å²) < 4.78 is 10.6. The van der Waals surface area contributed by atoms with Gasteiger partial charge in [0.25, 0.3) is 5.91 Å². The Morgan fingerprint density at radius 2 is 1.75 bits per heavy atom. The molecule has 3 rings (SSSR count). The Morgan fingerprint density at radius 3 is 2.50 bits per heavy atom. The van der Waals surface area contributed by atoms with Crippen LogP contribution in [0.1, 0.15) is 16.1 Å². The SMILES string of the molecule is Cc1cccc(OCCNC(=O)Nc2cccc(NC(=O)c3ccco3)c2)c1. The fourth-order valence-corrected chi connectivity index (χ4v) is 2.49. The third kappa shape index (κ3) is 5.63. The monoisotopic (exact) mass is 379 g/mol. The molecular weight excluding hydrogens is 358 g/mol. The summed E-state index contributed by atoms with van der Waals surface area (Å²) in [6.45, 7) is 2.70. The highest BCUT2D eigenvalue weighted by atomic mass is 16.5. The van der Waals surface area contributed by atoms with Crippen LogP contribution >= 0.6 is 0 Å². The zero-order valence-electron chi connectivity index (χ0n) is 15.4. The minimum Gasteiger partial charge on any atom is -0.492 e. The van der Waals surface area contributed by atoms with E-state index in [1.165, 1.54) is 6.26 Å². The predicted octanol–water partition coefficient (Wildman–Crippen LogP) is 4.04. The van der Waals surface area contributed by atoms with Gasteiger partial charge in [0.05, 0.1) is 12.8 Å². The molecule has 0 aliphatic carbocycles. The van der Waals surface area contributed by atoms with Gasteiger partial charge in [-0.15, -0.1) is 0 Å². The van der Waals surface area contributed by atoms with Crippen LogP contribution in [0.2, 0.25) is 0 Å². The smallest absolute Gasteiger partial charge is 0.319 e. The van der Waals surface area contributed by atoms with Crippen LogP contribution in [0.3, 0.4) is 0 Å². The second-order valence-electron chi connectivity index (χ2n) is 6.06. The standard InChI is InChI=1S/C21H21N3O4/c1-15-5-2-8-18(13-15)27-12-10-22-21(26)24-17-7-3-6-16(14-17)23-20(25)19-9-4-11-28-19/h2-9,11,13-14H,10,12H2,1H3,(H,23,25)(H2,22,24,26). The van der Waals surface area contributed by atoms with E-state index in [9.17, 15) is 9.59 Å². The molecule has 0 radical (unpaired) electrons. The Labute approximate surface area is 162 Å². The van der Waals surface area contributed by atoms with Crippen molar-refractivity contribution in [3.8, 4) is 5.75 Å². The largest absolute Gasteiger partial charge is 0.492 e. The Kier molecular flexibility index (Phi) is 6.30. The van der Waals surface area contributed by atoms with Crippen molar-refractivity contribution in [1.82, 2.24) is 5.32 Å². The number of amides is 3. The van der Waals surface area contributed by atoms with Crippen molar-refractivity contribution < 1.29 is 18.7 Å². The molecule has 0 saturated carbocycles. The molecule has 1 aromatic heterocycles. The average Bonchev–Trinajstić information content (AvgIpc) is 3.21. The maximum absolute atomic E-state index is 12.0. The molecule has 0 spiro atoms. The second kappa shape index (κ2) is 9.27. The van der Waals surface area contributed by atoms with Crippen molar-refractivity contribution >= 4 is 23.3 Å². The third-order valence-corrected chi connectivity index (χ3v) is 3.77. The van der Waals surface area contributed by atoms with Gasteiger partial charge in [0.2, 0.25) is 0 Å². The Morgan fingerprint density at radius 1 is 0.964 bits per heavy atom. The molecule has 144 valence electrons. The lowest BCUT2D eigenvalue weighted by atomic mass is 10.2. The maximum Gasteiger partial charge on any atom is 0.319 e. The van der Waals surface area contributed by atoms with Gasteiger partial charge in [0.1, 0.15) is 12.4 Å². The van der Waals surface area contributed by atoms with Crippen molar-refractivity contribution in [1.29, 1.82) is 0 Å². The van der Waals surface area contributed by atoms with Crippen molar-refractivity contribution in [2.45, 2.75) is 6.92 Å². The molecule has 7 nitrogen and oxygen atoms in total. The first kappa shape index (κ1) is 19.0. The molecule has 1 heterocycles. The first-order valence-electron chi connectivity index (χ1n) is 8.79. The lowest BCUT2D eigenvalue weighted by molar-refractivity contribution is 0.0996. The number of anilines is 2. The van der Waals surface area contributed by atoms with E-state index >= 15 is 0 Å². The molecule has 28 heavy (non-hydrogen) atoms. The number of carbonyl (C=O) groups is 2. The fraction of sp³-hybridized carbons (Fsp3) is 0.143. The summed E-state index contributed by atoms with van der Waals surface area (Å²) in [5, 5.41) is 8.15. The van der Waals surface area contributed by atoms with Crippen LogP contribution in [0.25, 0.3) is 0 Å². The van der Waals surface area contributed by atoms with E-state index in [0.717, 1.165) is 11.3 Å². The van der Waals surface area contributed by atoms with Gasteiger partial charge in [-0.25, -0.2) is 4.79 Å². The first-order valence-corrected chi connectivity index (χ1v) is 8.79. The van der Waals surface area contributed by atoms with Crippen LogP contribution in [0.5, 0.6) is 5.75 Å². The van der Waals surface area contributed by atoms with Gasteiger partial charge in [-0.2, -0.15) is 0 Å². The molecule has 2 aromatic carbocycles.